The lowest BCUT2D eigenvalue weighted by molar-refractivity contribution is 0.597. The SMILES string of the molecule is CCCNCCn1ccnc1-c1ccccc1. The first kappa shape index (κ1) is 11.9. The Labute approximate surface area is 103 Å². The second-order valence-electron chi connectivity index (χ2n) is 4.06. The minimum Gasteiger partial charge on any atom is -0.330 e. The number of imidazole rings is 1. The molecule has 2 rings (SSSR count). The molecule has 1 N–H and O–H groups in total. The van der Waals surface area contributed by atoms with E-state index < -0.39 is 0 Å². The smallest absolute Gasteiger partial charge is 0.139 e. The summed E-state index contributed by atoms with van der Waals surface area (Å²) in [6.07, 6.45) is 5.08. The molecule has 0 saturated carbocycles. The van der Waals surface area contributed by atoms with Crippen molar-refractivity contribution in [2.45, 2.75) is 19.9 Å². The van der Waals surface area contributed by atoms with Crippen molar-refractivity contribution in [3.05, 3.63) is 42.7 Å². The summed E-state index contributed by atoms with van der Waals surface area (Å²) in [6, 6.07) is 10.3. The number of hydrogen-bond acceptors (Lipinski definition) is 2. The molecule has 90 valence electrons. The third kappa shape index (κ3) is 3.17. The second kappa shape index (κ2) is 6.21. The predicted octanol–water partition coefficient (Wildman–Crippen LogP) is 2.55. The normalized spacial score (nSPS) is 10.6. The Balaban J connectivity index is 2.02. The van der Waals surface area contributed by atoms with Crippen LogP contribution in [0.1, 0.15) is 13.3 Å². The van der Waals surface area contributed by atoms with Gasteiger partial charge in [-0.1, -0.05) is 37.3 Å². The van der Waals surface area contributed by atoms with E-state index in [1.54, 1.807) is 0 Å². The lowest BCUT2D eigenvalue weighted by Crippen LogP contribution is -2.20. The van der Waals surface area contributed by atoms with Crippen molar-refractivity contribution < 1.29 is 0 Å². The Bertz CT molecular complexity index is 434. The molecule has 0 fully saturated rings. The van der Waals surface area contributed by atoms with Gasteiger partial charge in [0.25, 0.3) is 0 Å². The summed E-state index contributed by atoms with van der Waals surface area (Å²) in [4.78, 5) is 4.42. The number of nitrogens with one attached hydrogen (secondary N) is 1. The molecule has 2 aromatic rings. The van der Waals surface area contributed by atoms with Gasteiger partial charge < -0.3 is 9.88 Å². The van der Waals surface area contributed by atoms with Crippen molar-refractivity contribution in [2.24, 2.45) is 0 Å². The summed E-state index contributed by atoms with van der Waals surface area (Å²) >= 11 is 0. The van der Waals surface area contributed by atoms with E-state index in [0.717, 1.165) is 25.5 Å². The number of rotatable bonds is 6. The first-order valence-electron chi connectivity index (χ1n) is 6.19. The summed E-state index contributed by atoms with van der Waals surface area (Å²) < 4.78 is 2.19. The van der Waals surface area contributed by atoms with Crippen LogP contribution in [0.4, 0.5) is 0 Å². The summed E-state index contributed by atoms with van der Waals surface area (Å²) in [7, 11) is 0. The maximum atomic E-state index is 4.42. The number of nitrogens with zero attached hydrogens (tertiary/aromatic N) is 2. The van der Waals surface area contributed by atoms with Gasteiger partial charge in [0.2, 0.25) is 0 Å². The van der Waals surface area contributed by atoms with Crippen molar-refractivity contribution >= 4 is 0 Å². The van der Waals surface area contributed by atoms with Gasteiger partial charge in [-0.2, -0.15) is 0 Å². The lowest BCUT2D eigenvalue weighted by Gasteiger charge is -2.08. The van der Waals surface area contributed by atoms with Gasteiger partial charge in [0.15, 0.2) is 0 Å². The van der Waals surface area contributed by atoms with Crippen LogP contribution in [-0.2, 0) is 6.54 Å². The van der Waals surface area contributed by atoms with Crippen LogP contribution in [0.2, 0.25) is 0 Å². The first-order chi connectivity index (χ1) is 8.42. The van der Waals surface area contributed by atoms with Gasteiger partial charge in [0, 0.05) is 31.0 Å². The van der Waals surface area contributed by atoms with Crippen LogP contribution in [0.5, 0.6) is 0 Å². The van der Waals surface area contributed by atoms with Crippen LogP contribution < -0.4 is 5.32 Å². The molecule has 0 amide bonds. The molecule has 1 aromatic carbocycles. The van der Waals surface area contributed by atoms with Crippen molar-refractivity contribution in [1.29, 1.82) is 0 Å². The first-order valence-corrected chi connectivity index (χ1v) is 6.19. The summed E-state index contributed by atoms with van der Waals surface area (Å²) in [6.45, 7) is 5.21. The Morgan fingerprint density at radius 3 is 2.76 bits per heavy atom. The molecule has 0 bridgehead atoms. The molecule has 0 radical (unpaired) electrons. The van der Waals surface area contributed by atoms with Crippen molar-refractivity contribution in [2.75, 3.05) is 13.1 Å². The van der Waals surface area contributed by atoms with E-state index in [2.05, 4.69) is 33.9 Å². The predicted molar refractivity (Wildman–Crippen MR) is 70.8 cm³/mol. The van der Waals surface area contributed by atoms with Gasteiger partial charge in [-0.3, -0.25) is 0 Å². The third-order valence-corrected chi connectivity index (χ3v) is 2.70. The summed E-state index contributed by atoms with van der Waals surface area (Å²) in [5, 5.41) is 3.40. The molecule has 0 aliphatic heterocycles. The Morgan fingerprint density at radius 1 is 1.18 bits per heavy atom. The van der Waals surface area contributed by atoms with Crippen molar-refractivity contribution in [1.82, 2.24) is 14.9 Å². The van der Waals surface area contributed by atoms with E-state index in [4.69, 9.17) is 0 Å². The molecule has 1 heterocycles. The molecule has 17 heavy (non-hydrogen) atoms. The fourth-order valence-corrected chi connectivity index (χ4v) is 1.84. The molecule has 0 atom stereocenters. The summed E-state index contributed by atoms with van der Waals surface area (Å²) in [5.41, 5.74) is 1.17. The Morgan fingerprint density at radius 2 is 2.00 bits per heavy atom. The highest BCUT2D eigenvalue weighted by Crippen LogP contribution is 2.16. The van der Waals surface area contributed by atoms with E-state index in [0.29, 0.717) is 0 Å². The topological polar surface area (TPSA) is 29.9 Å². The van der Waals surface area contributed by atoms with Gasteiger partial charge in [0.05, 0.1) is 0 Å². The molecule has 0 saturated heterocycles. The minimum atomic E-state index is 0.963. The zero-order valence-corrected chi connectivity index (χ0v) is 10.3. The number of hydrogen-bond donors (Lipinski definition) is 1. The molecule has 1 aromatic heterocycles. The minimum absolute atomic E-state index is 0.963. The van der Waals surface area contributed by atoms with Crippen LogP contribution in [0.3, 0.4) is 0 Å². The maximum Gasteiger partial charge on any atom is 0.139 e. The van der Waals surface area contributed by atoms with E-state index in [1.165, 1.54) is 12.0 Å². The van der Waals surface area contributed by atoms with Gasteiger partial charge in [-0.25, -0.2) is 4.98 Å². The van der Waals surface area contributed by atoms with Gasteiger partial charge in [-0.15, -0.1) is 0 Å². The van der Waals surface area contributed by atoms with Crippen LogP contribution in [-0.4, -0.2) is 22.6 Å². The largest absolute Gasteiger partial charge is 0.330 e. The average molecular weight is 229 g/mol. The van der Waals surface area contributed by atoms with E-state index in [9.17, 15) is 0 Å². The zero-order valence-electron chi connectivity index (χ0n) is 10.3. The van der Waals surface area contributed by atoms with Gasteiger partial charge >= 0.3 is 0 Å². The third-order valence-electron chi connectivity index (χ3n) is 2.70. The summed E-state index contributed by atoms with van der Waals surface area (Å²) in [5.74, 6) is 1.05. The monoisotopic (exact) mass is 229 g/mol. The van der Waals surface area contributed by atoms with Gasteiger partial charge in [-0.05, 0) is 13.0 Å². The van der Waals surface area contributed by atoms with Gasteiger partial charge in [0.1, 0.15) is 5.82 Å². The fourth-order valence-electron chi connectivity index (χ4n) is 1.84. The lowest BCUT2D eigenvalue weighted by atomic mass is 10.2. The van der Waals surface area contributed by atoms with Crippen LogP contribution in [0, 0.1) is 0 Å². The molecule has 0 unspecified atom stereocenters. The second-order valence-corrected chi connectivity index (χ2v) is 4.06. The van der Waals surface area contributed by atoms with Crippen LogP contribution in [0.25, 0.3) is 11.4 Å². The molecular weight excluding hydrogens is 210 g/mol. The van der Waals surface area contributed by atoms with Crippen molar-refractivity contribution in [3.8, 4) is 11.4 Å². The van der Waals surface area contributed by atoms with Crippen LogP contribution in [0.15, 0.2) is 42.7 Å². The molecule has 3 heteroatoms. The van der Waals surface area contributed by atoms with Crippen LogP contribution >= 0.6 is 0 Å². The van der Waals surface area contributed by atoms with E-state index in [-0.39, 0.29) is 0 Å². The fraction of sp³-hybridized carbons (Fsp3) is 0.357. The highest BCUT2D eigenvalue weighted by molar-refractivity contribution is 5.55. The van der Waals surface area contributed by atoms with E-state index >= 15 is 0 Å². The van der Waals surface area contributed by atoms with Crippen molar-refractivity contribution in [3.63, 3.8) is 0 Å². The molecule has 0 aliphatic carbocycles. The number of benzene rings is 1. The zero-order chi connectivity index (χ0) is 11.9. The Kier molecular flexibility index (Phi) is 4.33. The van der Waals surface area contributed by atoms with E-state index in [1.807, 2.05) is 30.6 Å². The Hall–Kier alpha value is -1.61. The number of aromatic nitrogens is 2. The standard InChI is InChI=1S/C14H19N3/c1-2-8-15-9-11-17-12-10-16-14(17)13-6-4-3-5-7-13/h3-7,10,12,15H,2,8-9,11H2,1H3. The molecule has 3 nitrogen and oxygen atoms in total. The highest BCUT2D eigenvalue weighted by atomic mass is 15.1. The quantitative estimate of drug-likeness (QED) is 0.771. The molecular formula is C14H19N3. The maximum absolute atomic E-state index is 4.42. The molecule has 0 aliphatic rings. The average Bonchev–Trinajstić information content (AvgIpc) is 2.84. The molecule has 0 spiro atoms. The highest BCUT2D eigenvalue weighted by Gasteiger charge is 2.04.